The number of carbonyl (C=O) groups is 1. The Morgan fingerprint density at radius 2 is 1.71 bits per heavy atom. The SMILES string of the molecule is CC1C(CN2CC3(C)CC2CC(C)(C)C3)OC(c2cccc(NC(=O)c3ccccc3)c2)OC1c1ccc(CO)cc1. The number of nitrogens with zero attached hydrogens (tertiary/aromatic N) is 1. The van der Waals surface area contributed by atoms with Gasteiger partial charge < -0.3 is 19.9 Å². The van der Waals surface area contributed by atoms with Gasteiger partial charge in [0.1, 0.15) is 0 Å². The maximum Gasteiger partial charge on any atom is 0.255 e. The van der Waals surface area contributed by atoms with Crippen molar-refractivity contribution in [3.05, 3.63) is 101 Å². The number of likely N-dealkylation sites (tertiary alicyclic amines) is 1. The fraction of sp³-hybridized carbons (Fsp3) is 0.472. The number of aliphatic hydroxyl groups is 1. The number of anilines is 1. The topological polar surface area (TPSA) is 71.0 Å². The Balaban J connectivity index is 1.26. The Hall–Kier alpha value is -3.03. The summed E-state index contributed by atoms with van der Waals surface area (Å²) in [4.78, 5) is 15.5. The molecule has 3 aliphatic rings. The number of fused-ring (bicyclic) bond motifs is 2. The summed E-state index contributed by atoms with van der Waals surface area (Å²) in [5.41, 5.74) is 4.87. The van der Waals surface area contributed by atoms with E-state index in [0.29, 0.717) is 28.1 Å². The van der Waals surface area contributed by atoms with Gasteiger partial charge in [0.2, 0.25) is 0 Å². The number of benzene rings is 3. The minimum absolute atomic E-state index is 0.0165. The number of rotatable bonds is 7. The van der Waals surface area contributed by atoms with E-state index in [1.54, 1.807) is 12.1 Å². The second kappa shape index (κ2) is 11.6. The molecule has 222 valence electrons. The normalized spacial score (nSPS) is 30.6. The lowest BCUT2D eigenvalue weighted by atomic mass is 9.65. The Kier molecular flexibility index (Phi) is 8.01. The Labute approximate surface area is 250 Å². The van der Waals surface area contributed by atoms with E-state index in [1.807, 2.05) is 54.6 Å². The quantitative estimate of drug-likeness (QED) is 0.318. The first kappa shape index (κ1) is 29.1. The summed E-state index contributed by atoms with van der Waals surface area (Å²) in [6, 6.07) is 25.7. The standard InChI is InChI=1S/C36H44N2O4/c1-24-31(20-38-23-36(4)19-30(38)18-35(2,3)22-36)41-34(42-32(24)26-15-13-25(21-39)14-16-26)28-11-8-12-29(17-28)37-33(40)27-9-6-5-7-10-27/h5-17,24,30-32,34,39H,18-23H2,1-4H3,(H,37,40). The first-order valence-corrected chi connectivity index (χ1v) is 15.3. The number of hydrogen-bond donors (Lipinski definition) is 2. The van der Waals surface area contributed by atoms with Gasteiger partial charge in [-0.05, 0) is 65.5 Å². The maximum absolute atomic E-state index is 12.8. The molecule has 3 fully saturated rings. The van der Waals surface area contributed by atoms with Crippen LogP contribution in [0.15, 0.2) is 78.9 Å². The van der Waals surface area contributed by atoms with Crippen molar-refractivity contribution in [1.29, 1.82) is 0 Å². The summed E-state index contributed by atoms with van der Waals surface area (Å²) in [6.45, 7) is 11.5. The first-order valence-electron chi connectivity index (χ1n) is 15.3. The van der Waals surface area contributed by atoms with Gasteiger partial charge >= 0.3 is 0 Å². The van der Waals surface area contributed by atoms with Crippen LogP contribution in [0.1, 0.15) is 86.4 Å². The highest BCUT2D eigenvalue weighted by atomic mass is 16.7. The molecule has 3 aromatic rings. The number of ether oxygens (including phenoxy) is 2. The average molecular weight is 569 g/mol. The summed E-state index contributed by atoms with van der Waals surface area (Å²) in [5, 5.41) is 12.6. The predicted octanol–water partition coefficient (Wildman–Crippen LogP) is 7.12. The summed E-state index contributed by atoms with van der Waals surface area (Å²) in [7, 11) is 0. The van der Waals surface area contributed by atoms with Gasteiger partial charge in [-0.3, -0.25) is 9.69 Å². The Morgan fingerprint density at radius 1 is 0.952 bits per heavy atom. The van der Waals surface area contributed by atoms with Gasteiger partial charge in [-0.15, -0.1) is 0 Å². The van der Waals surface area contributed by atoms with Crippen LogP contribution < -0.4 is 5.32 Å². The van der Waals surface area contributed by atoms with Crippen LogP contribution in [-0.2, 0) is 16.1 Å². The van der Waals surface area contributed by atoms with Crippen LogP contribution in [0.5, 0.6) is 0 Å². The smallest absolute Gasteiger partial charge is 0.255 e. The highest BCUT2D eigenvalue weighted by Crippen LogP contribution is 2.53. The van der Waals surface area contributed by atoms with Crippen molar-refractivity contribution in [2.45, 2.75) is 78.1 Å². The monoisotopic (exact) mass is 568 g/mol. The minimum atomic E-state index is -0.573. The maximum atomic E-state index is 12.8. The van der Waals surface area contributed by atoms with Crippen molar-refractivity contribution in [3.8, 4) is 0 Å². The lowest BCUT2D eigenvalue weighted by Gasteiger charge is -2.43. The van der Waals surface area contributed by atoms with E-state index in [0.717, 1.165) is 29.8 Å². The van der Waals surface area contributed by atoms with Gasteiger partial charge in [0, 0.05) is 41.9 Å². The fourth-order valence-electron chi connectivity index (χ4n) is 7.91. The molecule has 1 aliphatic carbocycles. The van der Waals surface area contributed by atoms with E-state index in [2.05, 4.69) is 50.0 Å². The molecule has 2 bridgehead atoms. The van der Waals surface area contributed by atoms with Gasteiger partial charge in [-0.1, -0.05) is 82.3 Å². The molecule has 0 spiro atoms. The van der Waals surface area contributed by atoms with Gasteiger partial charge in [-0.25, -0.2) is 0 Å². The molecule has 2 aliphatic heterocycles. The Morgan fingerprint density at radius 3 is 2.45 bits per heavy atom. The molecule has 2 saturated heterocycles. The van der Waals surface area contributed by atoms with Crippen LogP contribution in [0, 0.1) is 16.7 Å². The van der Waals surface area contributed by atoms with Gasteiger partial charge in [0.15, 0.2) is 6.29 Å². The molecule has 0 radical (unpaired) electrons. The molecule has 1 amide bonds. The summed E-state index contributed by atoms with van der Waals surface area (Å²) < 4.78 is 13.5. The average Bonchev–Trinajstić information content (AvgIpc) is 3.21. The van der Waals surface area contributed by atoms with E-state index in [-0.39, 0.29) is 30.6 Å². The molecule has 3 aromatic carbocycles. The fourth-order valence-corrected chi connectivity index (χ4v) is 7.91. The molecule has 2 heterocycles. The summed E-state index contributed by atoms with van der Waals surface area (Å²) in [5.74, 6) is -0.0217. The van der Waals surface area contributed by atoms with Crippen LogP contribution in [0.4, 0.5) is 5.69 Å². The highest BCUT2D eigenvalue weighted by Gasteiger charge is 2.51. The van der Waals surface area contributed by atoms with Crippen molar-refractivity contribution >= 4 is 11.6 Å². The van der Waals surface area contributed by atoms with Crippen LogP contribution in [-0.4, -0.2) is 41.1 Å². The third kappa shape index (κ3) is 6.18. The lowest BCUT2D eigenvalue weighted by Crippen LogP contribution is -2.46. The summed E-state index contributed by atoms with van der Waals surface area (Å²) in [6.07, 6.45) is 2.97. The molecule has 6 heteroatoms. The van der Waals surface area contributed by atoms with E-state index >= 15 is 0 Å². The van der Waals surface area contributed by atoms with Crippen molar-refractivity contribution < 1.29 is 19.4 Å². The van der Waals surface area contributed by atoms with Crippen LogP contribution in [0.2, 0.25) is 0 Å². The molecule has 6 atom stereocenters. The predicted molar refractivity (Wildman–Crippen MR) is 165 cm³/mol. The van der Waals surface area contributed by atoms with Crippen molar-refractivity contribution in [3.63, 3.8) is 0 Å². The number of nitrogens with one attached hydrogen (secondary N) is 1. The van der Waals surface area contributed by atoms with Crippen LogP contribution >= 0.6 is 0 Å². The largest absolute Gasteiger partial charge is 0.392 e. The van der Waals surface area contributed by atoms with Crippen molar-refractivity contribution in [2.24, 2.45) is 16.7 Å². The molecule has 0 aromatic heterocycles. The molecule has 2 N–H and O–H groups in total. The van der Waals surface area contributed by atoms with E-state index < -0.39 is 6.29 Å². The van der Waals surface area contributed by atoms with Crippen LogP contribution in [0.25, 0.3) is 0 Å². The third-order valence-electron chi connectivity index (χ3n) is 9.51. The second-order valence-electron chi connectivity index (χ2n) is 13.9. The van der Waals surface area contributed by atoms with E-state index in [4.69, 9.17) is 9.47 Å². The number of aliphatic hydroxyl groups excluding tert-OH is 1. The molecule has 1 saturated carbocycles. The van der Waals surface area contributed by atoms with Gasteiger partial charge in [-0.2, -0.15) is 0 Å². The van der Waals surface area contributed by atoms with Crippen molar-refractivity contribution in [1.82, 2.24) is 4.90 Å². The van der Waals surface area contributed by atoms with Crippen molar-refractivity contribution in [2.75, 3.05) is 18.4 Å². The molecular weight excluding hydrogens is 524 g/mol. The zero-order valence-electron chi connectivity index (χ0n) is 25.3. The molecule has 6 unspecified atom stereocenters. The lowest BCUT2D eigenvalue weighted by molar-refractivity contribution is -0.276. The molecule has 6 nitrogen and oxygen atoms in total. The Bertz CT molecular complexity index is 1390. The zero-order chi connectivity index (χ0) is 29.5. The van der Waals surface area contributed by atoms with Crippen LogP contribution in [0.3, 0.4) is 0 Å². The number of carbonyl (C=O) groups excluding carboxylic acids is 1. The highest BCUT2D eigenvalue weighted by molar-refractivity contribution is 6.04. The number of hydrogen-bond acceptors (Lipinski definition) is 5. The number of amides is 1. The molecule has 6 rings (SSSR count). The first-order chi connectivity index (χ1) is 20.1. The van der Waals surface area contributed by atoms with Gasteiger partial charge in [0.25, 0.3) is 5.91 Å². The summed E-state index contributed by atoms with van der Waals surface area (Å²) >= 11 is 0. The second-order valence-corrected chi connectivity index (χ2v) is 13.9. The minimum Gasteiger partial charge on any atom is -0.392 e. The van der Waals surface area contributed by atoms with Gasteiger partial charge in [0.05, 0.1) is 18.8 Å². The molecule has 42 heavy (non-hydrogen) atoms. The third-order valence-corrected chi connectivity index (χ3v) is 9.51. The zero-order valence-corrected chi connectivity index (χ0v) is 25.3. The van der Waals surface area contributed by atoms with E-state index in [1.165, 1.54) is 19.3 Å². The van der Waals surface area contributed by atoms with E-state index in [9.17, 15) is 9.90 Å². The molecular formula is C36H44N2O4.